The van der Waals surface area contributed by atoms with E-state index in [0.717, 1.165) is 12.0 Å². The van der Waals surface area contributed by atoms with E-state index < -0.39 is 0 Å². The molecule has 0 aliphatic heterocycles. The SMILES string of the molecule is CCCCCC(C)CC(C)N(C)C. The van der Waals surface area contributed by atoms with Gasteiger partial charge in [-0.3, -0.25) is 0 Å². The van der Waals surface area contributed by atoms with Crippen LogP contribution in [0.25, 0.3) is 0 Å². The van der Waals surface area contributed by atoms with Gasteiger partial charge in [-0.15, -0.1) is 0 Å². The van der Waals surface area contributed by atoms with Crippen molar-refractivity contribution in [3.05, 3.63) is 0 Å². The van der Waals surface area contributed by atoms with E-state index in [2.05, 4.69) is 39.8 Å². The van der Waals surface area contributed by atoms with Crippen LogP contribution in [0.4, 0.5) is 0 Å². The molecule has 0 N–H and O–H groups in total. The van der Waals surface area contributed by atoms with Gasteiger partial charge < -0.3 is 4.90 Å². The summed E-state index contributed by atoms with van der Waals surface area (Å²) in [5, 5.41) is 0. The van der Waals surface area contributed by atoms with Crippen LogP contribution in [0.3, 0.4) is 0 Å². The average molecular weight is 185 g/mol. The highest BCUT2D eigenvalue weighted by atomic mass is 15.1. The zero-order valence-corrected chi connectivity index (χ0v) is 10.1. The maximum absolute atomic E-state index is 2.38. The van der Waals surface area contributed by atoms with Crippen molar-refractivity contribution in [3.63, 3.8) is 0 Å². The fourth-order valence-corrected chi connectivity index (χ4v) is 1.65. The van der Waals surface area contributed by atoms with Crippen LogP contribution in [0.2, 0.25) is 0 Å². The minimum Gasteiger partial charge on any atom is -0.307 e. The van der Waals surface area contributed by atoms with E-state index in [1.807, 2.05) is 0 Å². The molecule has 0 fully saturated rings. The second-order valence-electron chi connectivity index (χ2n) is 4.65. The van der Waals surface area contributed by atoms with E-state index in [4.69, 9.17) is 0 Å². The van der Waals surface area contributed by atoms with Gasteiger partial charge in [0, 0.05) is 6.04 Å². The number of rotatable bonds is 7. The van der Waals surface area contributed by atoms with Crippen molar-refractivity contribution in [1.29, 1.82) is 0 Å². The first-order valence-corrected chi connectivity index (χ1v) is 5.74. The highest BCUT2D eigenvalue weighted by Crippen LogP contribution is 2.16. The van der Waals surface area contributed by atoms with Gasteiger partial charge in [0.25, 0.3) is 0 Å². The third-order valence-electron chi connectivity index (χ3n) is 2.93. The van der Waals surface area contributed by atoms with Crippen LogP contribution >= 0.6 is 0 Å². The number of unbranched alkanes of at least 4 members (excludes halogenated alkanes) is 2. The molecule has 1 nitrogen and oxygen atoms in total. The van der Waals surface area contributed by atoms with Gasteiger partial charge >= 0.3 is 0 Å². The lowest BCUT2D eigenvalue weighted by atomic mass is 9.96. The molecular formula is C12H27N. The Balaban J connectivity index is 3.43. The molecule has 0 rings (SSSR count). The zero-order chi connectivity index (χ0) is 10.3. The lowest BCUT2D eigenvalue weighted by molar-refractivity contribution is 0.260. The predicted octanol–water partition coefficient (Wildman–Crippen LogP) is 3.54. The normalized spacial score (nSPS) is 16.2. The Kier molecular flexibility index (Phi) is 7.35. The van der Waals surface area contributed by atoms with E-state index in [1.54, 1.807) is 0 Å². The van der Waals surface area contributed by atoms with Crippen LogP contribution in [-0.4, -0.2) is 25.0 Å². The summed E-state index contributed by atoms with van der Waals surface area (Å²) in [6, 6.07) is 0.733. The van der Waals surface area contributed by atoms with Gasteiger partial charge in [0.15, 0.2) is 0 Å². The molecule has 2 atom stereocenters. The molecule has 0 amide bonds. The smallest absolute Gasteiger partial charge is 0.00633 e. The van der Waals surface area contributed by atoms with E-state index in [-0.39, 0.29) is 0 Å². The Bertz CT molecular complexity index is 110. The third-order valence-corrected chi connectivity index (χ3v) is 2.93. The fourth-order valence-electron chi connectivity index (χ4n) is 1.65. The Labute approximate surface area is 84.5 Å². The van der Waals surface area contributed by atoms with Gasteiger partial charge in [-0.1, -0.05) is 39.5 Å². The summed E-state index contributed by atoms with van der Waals surface area (Å²) in [5.41, 5.74) is 0. The van der Waals surface area contributed by atoms with Gasteiger partial charge in [-0.2, -0.15) is 0 Å². The molecule has 1 heteroatoms. The quantitative estimate of drug-likeness (QED) is 0.548. The largest absolute Gasteiger partial charge is 0.307 e. The molecule has 0 bridgehead atoms. The monoisotopic (exact) mass is 185 g/mol. The molecule has 0 spiro atoms. The summed E-state index contributed by atoms with van der Waals surface area (Å²) in [6.07, 6.45) is 6.91. The van der Waals surface area contributed by atoms with Crippen LogP contribution in [0.15, 0.2) is 0 Å². The maximum Gasteiger partial charge on any atom is 0.00633 e. The van der Waals surface area contributed by atoms with Crippen LogP contribution in [0.5, 0.6) is 0 Å². The molecule has 0 radical (unpaired) electrons. The molecule has 0 aromatic heterocycles. The molecule has 0 aliphatic rings. The van der Waals surface area contributed by atoms with Crippen LogP contribution in [0, 0.1) is 5.92 Å². The summed E-state index contributed by atoms with van der Waals surface area (Å²) in [7, 11) is 4.34. The molecule has 80 valence electrons. The Morgan fingerprint density at radius 3 is 2.15 bits per heavy atom. The van der Waals surface area contributed by atoms with Gasteiger partial charge in [0.2, 0.25) is 0 Å². The summed E-state index contributed by atoms with van der Waals surface area (Å²) in [4.78, 5) is 2.32. The maximum atomic E-state index is 2.38. The van der Waals surface area contributed by atoms with Crippen molar-refractivity contribution in [3.8, 4) is 0 Å². The van der Waals surface area contributed by atoms with Crippen molar-refractivity contribution in [2.45, 2.75) is 58.9 Å². The molecule has 0 aromatic rings. The minimum absolute atomic E-state index is 0.733. The molecule has 0 saturated heterocycles. The zero-order valence-electron chi connectivity index (χ0n) is 10.1. The predicted molar refractivity (Wildman–Crippen MR) is 61.1 cm³/mol. The topological polar surface area (TPSA) is 3.24 Å². The number of hydrogen-bond donors (Lipinski definition) is 0. The molecule has 2 unspecified atom stereocenters. The van der Waals surface area contributed by atoms with Gasteiger partial charge in [-0.25, -0.2) is 0 Å². The lowest BCUT2D eigenvalue weighted by Crippen LogP contribution is -2.26. The molecule has 0 aromatic carbocycles. The van der Waals surface area contributed by atoms with Crippen molar-refractivity contribution < 1.29 is 0 Å². The second kappa shape index (κ2) is 7.37. The van der Waals surface area contributed by atoms with E-state index >= 15 is 0 Å². The molecule has 0 saturated carbocycles. The van der Waals surface area contributed by atoms with Crippen LogP contribution < -0.4 is 0 Å². The first-order chi connectivity index (χ1) is 6.07. The highest BCUT2D eigenvalue weighted by molar-refractivity contribution is 4.64. The highest BCUT2D eigenvalue weighted by Gasteiger charge is 2.09. The molecule has 0 heterocycles. The Morgan fingerprint density at radius 2 is 1.69 bits per heavy atom. The first-order valence-electron chi connectivity index (χ1n) is 5.74. The molecule has 13 heavy (non-hydrogen) atoms. The van der Waals surface area contributed by atoms with E-state index in [1.165, 1.54) is 32.1 Å². The Hall–Kier alpha value is -0.0400. The fraction of sp³-hybridized carbons (Fsp3) is 1.00. The van der Waals surface area contributed by atoms with Crippen LogP contribution in [-0.2, 0) is 0 Å². The average Bonchev–Trinajstić information content (AvgIpc) is 2.04. The van der Waals surface area contributed by atoms with Crippen molar-refractivity contribution >= 4 is 0 Å². The van der Waals surface area contributed by atoms with Crippen molar-refractivity contribution in [1.82, 2.24) is 4.90 Å². The first kappa shape index (κ1) is 13.0. The minimum atomic E-state index is 0.733. The van der Waals surface area contributed by atoms with Gasteiger partial charge in [0.05, 0.1) is 0 Å². The summed E-state index contributed by atoms with van der Waals surface area (Å²) < 4.78 is 0. The third kappa shape index (κ3) is 7.06. The van der Waals surface area contributed by atoms with Crippen LogP contribution in [0.1, 0.15) is 52.9 Å². The molecular weight excluding hydrogens is 158 g/mol. The van der Waals surface area contributed by atoms with Crippen molar-refractivity contribution in [2.75, 3.05) is 14.1 Å². The standard InChI is InChI=1S/C12H27N/c1-6-7-8-9-11(2)10-12(3)13(4)5/h11-12H,6-10H2,1-5H3. The van der Waals surface area contributed by atoms with E-state index in [9.17, 15) is 0 Å². The van der Waals surface area contributed by atoms with Gasteiger partial charge in [0.1, 0.15) is 0 Å². The number of nitrogens with zero attached hydrogens (tertiary/aromatic N) is 1. The summed E-state index contributed by atoms with van der Waals surface area (Å²) in [5.74, 6) is 0.893. The molecule has 0 aliphatic carbocycles. The summed E-state index contributed by atoms with van der Waals surface area (Å²) >= 11 is 0. The lowest BCUT2D eigenvalue weighted by Gasteiger charge is -2.23. The number of hydrogen-bond acceptors (Lipinski definition) is 1. The Morgan fingerprint density at radius 1 is 1.08 bits per heavy atom. The second-order valence-corrected chi connectivity index (χ2v) is 4.65. The van der Waals surface area contributed by atoms with Crippen molar-refractivity contribution in [2.24, 2.45) is 5.92 Å². The van der Waals surface area contributed by atoms with E-state index in [0.29, 0.717) is 0 Å². The van der Waals surface area contributed by atoms with Gasteiger partial charge in [-0.05, 0) is 33.4 Å². The summed E-state index contributed by atoms with van der Waals surface area (Å²) in [6.45, 7) is 6.97.